The minimum absolute atomic E-state index is 0.183. The van der Waals surface area contributed by atoms with Gasteiger partial charge in [0.15, 0.2) is 5.76 Å². The molecular weight excluding hydrogens is 308 g/mol. The molecule has 3 rings (SSSR count). The summed E-state index contributed by atoms with van der Waals surface area (Å²) in [7, 11) is 0. The topological polar surface area (TPSA) is 87.5 Å². The van der Waals surface area contributed by atoms with E-state index in [2.05, 4.69) is 20.5 Å². The second kappa shape index (κ2) is 7.63. The van der Waals surface area contributed by atoms with Crippen LogP contribution in [0.1, 0.15) is 33.8 Å². The fourth-order valence-corrected chi connectivity index (χ4v) is 2.70. The highest BCUT2D eigenvalue weighted by Crippen LogP contribution is 2.21. The van der Waals surface area contributed by atoms with Crippen molar-refractivity contribution in [3.05, 3.63) is 48.0 Å². The molecule has 0 aromatic carbocycles. The molecule has 7 heteroatoms. The van der Waals surface area contributed by atoms with Gasteiger partial charge < -0.3 is 20.0 Å². The number of hydrogen-bond acceptors (Lipinski definition) is 5. The second-order valence-corrected chi connectivity index (χ2v) is 5.56. The fourth-order valence-electron chi connectivity index (χ4n) is 2.70. The Bertz CT molecular complexity index is 694. The number of aromatic nitrogens is 1. The van der Waals surface area contributed by atoms with Gasteiger partial charge in [-0.1, -0.05) is 0 Å². The van der Waals surface area contributed by atoms with E-state index in [1.54, 1.807) is 30.5 Å². The Balaban J connectivity index is 1.51. The lowest BCUT2D eigenvalue weighted by atomic mass is 10.2. The zero-order valence-electron chi connectivity index (χ0n) is 13.3. The maximum Gasteiger partial charge on any atom is 0.287 e. The lowest BCUT2D eigenvalue weighted by Crippen LogP contribution is -2.35. The van der Waals surface area contributed by atoms with Gasteiger partial charge in [0.2, 0.25) is 0 Å². The van der Waals surface area contributed by atoms with E-state index < -0.39 is 0 Å². The number of nitrogens with one attached hydrogen (secondary N) is 2. The van der Waals surface area contributed by atoms with Crippen molar-refractivity contribution in [3.8, 4) is 0 Å². The SMILES string of the molecule is O=C(NCCNC(=O)c1cccnc1N1CCCC1)c1ccco1. The summed E-state index contributed by atoms with van der Waals surface area (Å²) in [4.78, 5) is 30.6. The molecule has 2 amide bonds. The lowest BCUT2D eigenvalue weighted by molar-refractivity contribution is 0.0910. The summed E-state index contributed by atoms with van der Waals surface area (Å²) in [6.07, 6.45) is 5.39. The van der Waals surface area contributed by atoms with Gasteiger partial charge in [-0.15, -0.1) is 0 Å². The van der Waals surface area contributed by atoms with Crippen molar-refractivity contribution in [1.29, 1.82) is 0 Å². The third-order valence-electron chi connectivity index (χ3n) is 3.88. The highest BCUT2D eigenvalue weighted by atomic mass is 16.3. The zero-order valence-corrected chi connectivity index (χ0v) is 13.3. The summed E-state index contributed by atoms with van der Waals surface area (Å²) < 4.78 is 5.00. The molecule has 0 atom stereocenters. The van der Waals surface area contributed by atoms with Crippen LogP contribution in [0.3, 0.4) is 0 Å². The van der Waals surface area contributed by atoms with E-state index in [0.29, 0.717) is 18.7 Å². The Morgan fingerprint density at radius 2 is 1.83 bits per heavy atom. The minimum atomic E-state index is -0.298. The molecule has 1 saturated heterocycles. The summed E-state index contributed by atoms with van der Waals surface area (Å²) in [6, 6.07) is 6.77. The third-order valence-corrected chi connectivity index (χ3v) is 3.88. The average molecular weight is 328 g/mol. The molecule has 1 fully saturated rings. The second-order valence-electron chi connectivity index (χ2n) is 5.56. The molecule has 0 unspecified atom stereocenters. The number of furan rings is 1. The van der Waals surface area contributed by atoms with Gasteiger partial charge in [0.1, 0.15) is 5.82 Å². The van der Waals surface area contributed by atoms with E-state index in [9.17, 15) is 9.59 Å². The van der Waals surface area contributed by atoms with Gasteiger partial charge in [0.25, 0.3) is 11.8 Å². The first-order valence-corrected chi connectivity index (χ1v) is 8.05. The fraction of sp³-hybridized carbons (Fsp3) is 0.353. The molecule has 0 bridgehead atoms. The number of anilines is 1. The van der Waals surface area contributed by atoms with Gasteiger partial charge in [-0.05, 0) is 37.1 Å². The predicted octanol–water partition coefficient (Wildman–Crippen LogP) is 1.43. The Morgan fingerprint density at radius 1 is 1.08 bits per heavy atom. The van der Waals surface area contributed by atoms with Crippen LogP contribution in [0.4, 0.5) is 5.82 Å². The van der Waals surface area contributed by atoms with Gasteiger partial charge >= 0.3 is 0 Å². The van der Waals surface area contributed by atoms with Crippen molar-refractivity contribution < 1.29 is 14.0 Å². The van der Waals surface area contributed by atoms with Gasteiger partial charge in [0.05, 0.1) is 11.8 Å². The quantitative estimate of drug-likeness (QED) is 0.784. The molecule has 0 spiro atoms. The Kier molecular flexibility index (Phi) is 5.10. The van der Waals surface area contributed by atoms with Crippen molar-refractivity contribution in [1.82, 2.24) is 15.6 Å². The molecule has 24 heavy (non-hydrogen) atoms. The van der Waals surface area contributed by atoms with E-state index in [0.717, 1.165) is 31.7 Å². The summed E-state index contributed by atoms with van der Waals surface area (Å²) in [6.45, 7) is 2.51. The van der Waals surface area contributed by atoms with Crippen LogP contribution < -0.4 is 15.5 Å². The van der Waals surface area contributed by atoms with Crippen LogP contribution in [0, 0.1) is 0 Å². The average Bonchev–Trinajstić information content (AvgIpc) is 3.32. The Morgan fingerprint density at radius 3 is 2.54 bits per heavy atom. The number of hydrogen-bond donors (Lipinski definition) is 2. The molecule has 126 valence electrons. The van der Waals surface area contributed by atoms with E-state index in [4.69, 9.17) is 4.42 Å². The predicted molar refractivity (Wildman–Crippen MR) is 89.1 cm³/mol. The van der Waals surface area contributed by atoms with E-state index >= 15 is 0 Å². The number of nitrogens with zero attached hydrogens (tertiary/aromatic N) is 2. The monoisotopic (exact) mass is 328 g/mol. The third kappa shape index (κ3) is 3.73. The molecule has 1 aliphatic heterocycles. The Labute approximate surface area is 140 Å². The maximum absolute atomic E-state index is 12.4. The van der Waals surface area contributed by atoms with Crippen LogP contribution in [0.2, 0.25) is 0 Å². The normalized spacial score (nSPS) is 13.8. The molecule has 2 aromatic heterocycles. The van der Waals surface area contributed by atoms with Crippen LogP contribution in [0.25, 0.3) is 0 Å². The molecular formula is C17H20N4O3. The molecule has 0 aliphatic carbocycles. The van der Waals surface area contributed by atoms with Gasteiger partial charge in [-0.2, -0.15) is 0 Å². The minimum Gasteiger partial charge on any atom is -0.459 e. The van der Waals surface area contributed by atoms with Gasteiger partial charge in [-0.25, -0.2) is 4.98 Å². The first-order chi connectivity index (χ1) is 11.8. The summed E-state index contributed by atoms with van der Waals surface area (Å²) in [5.41, 5.74) is 0.566. The van der Waals surface area contributed by atoms with Crippen LogP contribution in [0.15, 0.2) is 41.1 Å². The molecule has 2 aromatic rings. The molecule has 0 radical (unpaired) electrons. The van der Waals surface area contributed by atoms with Crippen LogP contribution >= 0.6 is 0 Å². The van der Waals surface area contributed by atoms with E-state index in [1.807, 2.05) is 0 Å². The number of carbonyl (C=O) groups excluding carboxylic acids is 2. The number of pyridine rings is 1. The van der Waals surface area contributed by atoms with Gasteiger partial charge in [0, 0.05) is 32.4 Å². The van der Waals surface area contributed by atoms with Crippen LogP contribution in [-0.4, -0.2) is 43.0 Å². The number of amides is 2. The summed E-state index contributed by atoms with van der Waals surface area (Å²) in [5.74, 6) is 0.502. The van der Waals surface area contributed by atoms with Crippen LogP contribution in [0.5, 0.6) is 0 Å². The highest BCUT2D eigenvalue weighted by Gasteiger charge is 2.20. The summed E-state index contributed by atoms with van der Waals surface area (Å²) in [5, 5.41) is 5.50. The molecule has 7 nitrogen and oxygen atoms in total. The van der Waals surface area contributed by atoms with Crippen molar-refractivity contribution in [2.45, 2.75) is 12.8 Å². The van der Waals surface area contributed by atoms with Gasteiger partial charge in [-0.3, -0.25) is 9.59 Å². The number of carbonyl (C=O) groups is 2. The summed E-state index contributed by atoms with van der Waals surface area (Å²) >= 11 is 0. The molecule has 2 N–H and O–H groups in total. The van der Waals surface area contributed by atoms with E-state index in [1.165, 1.54) is 6.26 Å². The Hall–Kier alpha value is -2.83. The standard InChI is InChI=1S/C17H20N4O3/c22-16(19-8-9-20-17(23)14-6-4-12-24-14)13-5-3-7-18-15(13)21-10-1-2-11-21/h3-7,12H,1-2,8-11H2,(H,19,22)(H,20,23). The molecule has 1 aliphatic rings. The van der Waals surface area contributed by atoms with Crippen molar-refractivity contribution in [3.63, 3.8) is 0 Å². The van der Waals surface area contributed by atoms with Crippen molar-refractivity contribution in [2.24, 2.45) is 0 Å². The van der Waals surface area contributed by atoms with E-state index in [-0.39, 0.29) is 17.6 Å². The maximum atomic E-state index is 12.4. The van der Waals surface area contributed by atoms with Crippen molar-refractivity contribution >= 4 is 17.6 Å². The molecule has 0 saturated carbocycles. The largest absolute Gasteiger partial charge is 0.459 e. The van der Waals surface area contributed by atoms with Crippen molar-refractivity contribution in [2.75, 3.05) is 31.1 Å². The first-order valence-electron chi connectivity index (χ1n) is 8.05. The highest BCUT2D eigenvalue weighted by molar-refractivity contribution is 5.99. The molecule has 3 heterocycles. The smallest absolute Gasteiger partial charge is 0.287 e. The number of rotatable bonds is 6. The van der Waals surface area contributed by atoms with Crippen LogP contribution in [-0.2, 0) is 0 Å². The zero-order chi connectivity index (χ0) is 16.8. The lowest BCUT2D eigenvalue weighted by Gasteiger charge is -2.19. The first kappa shape index (κ1) is 16.0.